The third kappa shape index (κ3) is 13.8. The van der Waals surface area contributed by atoms with Crippen LogP contribution in [0.25, 0.3) is 0 Å². The van der Waals surface area contributed by atoms with Crippen molar-refractivity contribution in [1.29, 1.82) is 0 Å². The van der Waals surface area contributed by atoms with Crippen LogP contribution in [0.1, 0.15) is 113 Å². The van der Waals surface area contributed by atoms with E-state index in [9.17, 15) is 10.2 Å². The van der Waals surface area contributed by atoms with Crippen molar-refractivity contribution in [2.24, 2.45) is 11.8 Å². The van der Waals surface area contributed by atoms with Gasteiger partial charge >= 0.3 is 0 Å². The molecule has 0 spiro atoms. The zero-order valence-electron chi connectivity index (χ0n) is 38.1. The van der Waals surface area contributed by atoms with Crippen molar-refractivity contribution in [2.45, 2.75) is 90.9 Å². The van der Waals surface area contributed by atoms with Crippen LogP contribution in [-0.4, -0.2) is 23.4 Å². The second kappa shape index (κ2) is 25.1. The number of rotatable bonds is 19. The molecule has 0 aromatic heterocycles. The van der Waals surface area contributed by atoms with Gasteiger partial charge in [0, 0.05) is 10.8 Å². The van der Waals surface area contributed by atoms with Crippen LogP contribution in [-0.2, 0) is 10.8 Å². The Morgan fingerprint density at radius 2 is 0.839 bits per heavy atom. The van der Waals surface area contributed by atoms with Crippen LogP contribution in [0.15, 0.2) is 183 Å². The van der Waals surface area contributed by atoms with E-state index in [1.807, 2.05) is 60.7 Å². The van der Waals surface area contributed by atoms with Gasteiger partial charge in [-0.1, -0.05) is 162 Å². The molecule has 0 bridgehead atoms. The molecule has 6 rings (SSSR count). The van der Waals surface area contributed by atoms with Crippen molar-refractivity contribution >= 4 is 0 Å². The Kier molecular flexibility index (Phi) is 19.7. The molecule has 0 saturated carbocycles. The standard InChI is InChI=1S/C27H32O2.C24H24O2.C7H14/c1-4-21(2)9-8-20-29-26-18-14-24(15-19-26)27(3,22-10-6-5-7-11-22)23-12-16-25(28)17-13-23;1-3-4-18-26-23-16-12-21(13-17-23)24(2,19-8-6-5-7-9-19)20-10-14-22(25)15-11-20;1-4-6-7(3)5-2/h5-7,10-19,21,28H,4,8-9,20H2,1-3H3;3,5-17,25H,1,4,18H2,2H3;4,7H,1,5-6H2,2-3H3. The highest BCUT2D eigenvalue weighted by molar-refractivity contribution is 5.52. The molecule has 2 N–H and O–H groups in total. The van der Waals surface area contributed by atoms with Crippen molar-refractivity contribution < 1.29 is 19.7 Å². The maximum absolute atomic E-state index is 9.74. The van der Waals surface area contributed by atoms with Crippen molar-refractivity contribution in [3.05, 3.63) is 216 Å². The third-order valence-corrected chi connectivity index (χ3v) is 12.1. The first-order chi connectivity index (χ1) is 30.0. The summed E-state index contributed by atoms with van der Waals surface area (Å²) in [5, 5.41) is 19.4. The summed E-state index contributed by atoms with van der Waals surface area (Å²) in [7, 11) is 0. The van der Waals surface area contributed by atoms with Gasteiger partial charge in [-0.15, -0.1) is 13.2 Å². The lowest BCUT2D eigenvalue weighted by Gasteiger charge is -2.32. The van der Waals surface area contributed by atoms with Gasteiger partial charge < -0.3 is 19.7 Å². The normalized spacial score (nSPS) is 13.6. The molecule has 6 aromatic carbocycles. The van der Waals surface area contributed by atoms with E-state index in [2.05, 4.69) is 140 Å². The van der Waals surface area contributed by atoms with Gasteiger partial charge in [-0.2, -0.15) is 0 Å². The SMILES string of the molecule is C=CCC(C)CC.C=CCCOc1ccc(C(C)(c2ccccc2)c2ccc(O)cc2)cc1.CCC(C)CCCOc1ccc(C(C)(c2ccccc2)c2ccc(O)cc2)cc1. The summed E-state index contributed by atoms with van der Waals surface area (Å²) in [6.45, 7) is 22.2. The number of hydrogen-bond donors (Lipinski definition) is 2. The predicted octanol–water partition coefficient (Wildman–Crippen LogP) is 15.3. The van der Waals surface area contributed by atoms with Crippen LogP contribution in [0.4, 0.5) is 0 Å². The van der Waals surface area contributed by atoms with E-state index in [1.165, 1.54) is 41.5 Å². The minimum atomic E-state index is -0.325. The Labute approximate surface area is 373 Å². The highest BCUT2D eigenvalue weighted by Crippen LogP contribution is 2.41. The first kappa shape index (κ1) is 48.7. The van der Waals surface area contributed by atoms with Gasteiger partial charge in [0.2, 0.25) is 0 Å². The zero-order valence-corrected chi connectivity index (χ0v) is 38.1. The maximum atomic E-state index is 9.74. The predicted molar refractivity (Wildman–Crippen MR) is 262 cm³/mol. The van der Waals surface area contributed by atoms with Crippen molar-refractivity contribution in [3.63, 3.8) is 0 Å². The number of benzene rings is 6. The number of hydrogen-bond acceptors (Lipinski definition) is 4. The lowest BCUT2D eigenvalue weighted by atomic mass is 9.71. The number of phenols is 2. The van der Waals surface area contributed by atoms with E-state index >= 15 is 0 Å². The van der Waals surface area contributed by atoms with Crippen LogP contribution in [0.2, 0.25) is 0 Å². The average Bonchev–Trinajstić information content (AvgIpc) is 3.32. The molecule has 4 atom stereocenters. The fourth-order valence-electron chi connectivity index (χ4n) is 7.44. The quantitative estimate of drug-likeness (QED) is 0.0485. The fraction of sp³-hybridized carbons (Fsp3) is 0.310. The first-order valence-corrected chi connectivity index (χ1v) is 22.4. The van der Waals surface area contributed by atoms with Crippen LogP contribution in [0.3, 0.4) is 0 Å². The first-order valence-electron chi connectivity index (χ1n) is 22.4. The van der Waals surface area contributed by atoms with E-state index in [-0.39, 0.29) is 22.3 Å². The fourth-order valence-corrected chi connectivity index (χ4v) is 7.44. The molecule has 0 heterocycles. The van der Waals surface area contributed by atoms with Gasteiger partial charge in [-0.25, -0.2) is 0 Å². The summed E-state index contributed by atoms with van der Waals surface area (Å²) in [5.74, 6) is 3.92. The van der Waals surface area contributed by atoms with Crippen molar-refractivity contribution in [3.8, 4) is 23.0 Å². The Balaban J connectivity index is 0.000000237. The van der Waals surface area contributed by atoms with E-state index < -0.39 is 0 Å². The molecule has 0 aliphatic carbocycles. The van der Waals surface area contributed by atoms with E-state index in [1.54, 1.807) is 24.3 Å². The van der Waals surface area contributed by atoms with E-state index in [4.69, 9.17) is 9.47 Å². The van der Waals surface area contributed by atoms with Gasteiger partial charge in [-0.05, 0) is 133 Å². The smallest absolute Gasteiger partial charge is 0.119 e. The monoisotopic (exact) mass is 831 g/mol. The molecular formula is C58H70O4. The van der Waals surface area contributed by atoms with E-state index in [0.717, 1.165) is 60.3 Å². The Hall–Kier alpha value is -6.00. The number of ether oxygens (including phenoxy) is 2. The van der Waals surface area contributed by atoms with Gasteiger partial charge in [0.25, 0.3) is 0 Å². The number of phenolic OH excluding ortho intramolecular Hbond substituents is 2. The van der Waals surface area contributed by atoms with Crippen LogP contribution in [0, 0.1) is 11.8 Å². The largest absolute Gasteiger partial charge is 0.508 e. The minimum Gasteiger partial charge on any atom is -0.508 e. The molecule has 0 fully saturated rings. The van der Waals surface area contributed by atoms with Crippen molar-refractivity contribution in [2.75, 3.05) is 13.2 Å². The van der Waals surface area contributed by atoms with E-state index in [0.29, 0.717) is 6.61 Å². The second-order valence-corrected chi connectivity index (χ2v) is 16.6. The summed E-state index contributed by atoms with van der Waals surface area (Å²) in [5.41, 5.74) is 6.41. The van der Waals surface area contributed by atoms with Crippen LogP contribution in [0.5, 0.6) is 23.0 Å². The number of aromatic hydroxyl groups is 2. The third-order valence-electron chi connectivity index (χ3n) is 12.1. The van der Waals surface area contributed by atoms with Gasteiger partial charge in [0.05, 0.1) is 13.2 Å². The van der Waals surface area contributed by atoms with Gasteiger partial charge in [0.15, 0.2) is 0 Å². The Morgan fingerprint density at radius 3 is 1.18 bits per heavy atom. The highest BCUT2D eigenvalue weighted by Gasteiger charge is 2.32. The molecular weight excluding hydrogens is 761 g/mol. The van der Waals surface area contributed by atoms with Crippen molar-refractivity contribution in [1.82, 2.24) is 0 Å². The molecule has 4 nitrogen and oxygen atoms in total. The van der Waals surface area contributed by atoms with Gasteiger partial charge in [-0.3, -0.25) is 0 Å². The molecule has 0 aliphatic heterocycles. The average molecular weight is 831 g/mol. The summed E-state index contributed by atoms with van der Waals surface area (Å²) in [4.78, 5) is 0. The minimum absolute atomic E-state index is 0.273. The molecule has 0 amide bonds. The van der Waals surface area contributed by atoms with Crippen LogP contribution < -0.4 is 9.47 Å². The molecule has 0 radical (unpaired) electrons. The van der Waals surface area contributed by atoms with Crippen LogP contribution >= 0.6 is 0 Å². The van der Waals surface area contributed by atoms with Gasteiger partial charge in [0.1, 0.15) is 23.0 Å². The summed E-state index contributed by atoms with van der Waals surface area (Å²) >= 11 is 0. The molecule has 4 heteroatoms. The molecule has 6 aromatic rings. The zero-order chi connectivity index (χ0) is 44.8. The maximum Gasteiger partial charge on any atom is 0.119 e. The summed E-state index contributed by atoms with van der Waals surface area (Å²) in [6.07, 6.45) is 10.6. The molecule has 62 heavy (non-hydrogen) atoms. The summed E-state index contributed by atoms with van der Waals surface area (Å²) < 4.78 is 11.7. The Morgan fingerprint density at radius 1 is 0.484 bits per heavy atom. The topological polar surface area (TPSA) is 58.9 Å². The second-order valence-electron chi connectivity index (χ2n) is 16.6. The molecule has 0 saturated heterocycles. The summed E-state index contributed by atoms with van der Waals surface area (Å²) in [6, 6.07) is 52.6. The lowest BCUT2D eigenvalue weighted by Crippen LogP contribution is -2.25. The molecule has 0 aliphatic rings. The lowest BCUT2D eigenvalue weighted by molar-refractivity contribution is 0.294. The molecule has 4 unspecified atom stereocenters. The number of allylic oxidation sites excluding steroid dienone is 1. The Bertz CT molecular complexity index is 2140. The highest BCUT2D eigenvalue weighted by atomic mass is 16.5. The molecule has 326 valence electrons.